The molecule has 1 saturated carbocycles. The predicted octanol–water partition coefficient (Wildman–Crippen LogP) is 2.20. The number of amides is 1. The van der Waals surface area contributed by atoms with Gasteiger partial charge in [0.15, 0.2) is 0 Å². The lowest BCUT2D eigenvalue weighted by molar-refractivity contribution is 0.0689. The molecule has 1 saturated heterocycles. The Bertz CT molecular complexity index is 381. The average Bonchev–Trinajstić information content (AvgIpc) is 3.09. The first-order chi connectivity index (χ1) is 8.36. The number of nitrogens with one attached hydrogen (secondary N) is 1. The lowest BCUT2D eigenvalue weighted by Crippen LogP contribution is -2.39. The van der Waals surface area contributed by atoms with Gasteiger partial charge in [-0.2, -0.15) is 5.10 Å². The third-order valence-electron chi connectivity index (χ3n) is 4.25. The molecule has 0 spiro atoms. The lowest BCUT2D eigenvalue weighted by Gasteiger charge is -2.29. The number of nitrogens with zero attached hydrogens (tertiary/aromatic N) is 2. The summed E-state index contributed by atoms with van der Waals surface area (Å²) in [6, 6.07) is 0.486. The van der Waals surface area contributed by atoms with E-state index in [0.717, 1.165) is 18.9 Å². The van der Waals surface area contributed by atoms with E-state index in [1.54, 1.807) is 12.4 Å². The van der Waals surface area contributed by atoms with Crippen LogP contribution in [-0.4, -0.2) is 33.6 Å². The summed E-state index contributed by atoms with van der Waals surface area (Å²) in [6.45, 7) is 0.922. The molecule has 0 bridgehead atoms. The Morgan fingerprint density at radius 3 is 2.82 bits per heavy atom. The van der Waals surface area contributed by atoms with Gasteiger partial charge in [-0.05, 0) is 31.6 Å². The van der Waals surface area contributed by atoms with Gasteiger partial charge in [0.2, 0.25) is 0 Å². The van der Waals surface area contributed by atoms with Crippen LogP contribution in [0.15, 0.2) is 12.4 Å². The summed E-state index contributed by atoms with van der Waals surface area (Å²) in [5.74, 6) is 0.904. The molecule has 1 aromatic heterocycles. The first-order valence-corrected chi connectivity index (χ1v) is 6.66. The van der Waals surface area contributed by atoms with Crippen LogP contribution in [0.3, 0.4) is 0 Å². The van der Waals surface area contributed by atoms with Crippen molar-refractivity contribution in [3.63, 3.8) is 0 Å². The average molecular weight is 233 g/mol. The van der Waals surface area contributed by atoms with Gasteiger partial charge in [-0.1, -0.05) is 12.8 Å². The number of hydrogen-bond acceptors (Lipinski definition) is 2. The normalized spacial score (nSPS) is 25.6. The Morgan fingerprint density at radius 1 is 1.29 bits per heavy atom. The molecule has 1 atom stereocenters. The fourth-order valence-corrected chi connectivity index (χ4v) is 3.41. The molecule has 1 aromatic rings. The molecular weight excluding hydrogens is 214 g/mol. The smallest absolute Gasteiger partial charge is 0.257 e. The summed E-state index contributed by atoms with van der Waals surface area (Å²) in [4.78, 5) is 14.4. The minimum Gasteiger partial charge on any atom is -0.335 e. The zero-order chi connectivity index (χ0) is 11.7. The number of rotatable bonds is 2. The predicted molar refractivity (Wildman–Crippen MR) is 64.6 cm³/mol. The molecule has 4 nitrogen and oxygen atoms in total. The third-order valence-corrected chi connectivity index (χ3v) is 4.25. The first-order valence-electron chi connectivity index (χ1n) is 6.66. The van der Waals surface area contributed by atoms with E-state index in [1.807, 2.05) is 0 Å². The van der Waals surface area contributed by atoms with Crippen LogP contribution in [0.2, 0.25) is 0 Å². The second-order valence-corrected chi connectivity index (χ2v) is 5.24. The number of likely N-dealkylation sites (tertiary alicyclic amines) is 1. The van der Waals surface area contributed by atoms with Crippen LogP contribution < -0.4 is 0 Å². The molecule has 0 aromatic carbocycles. The Kier molecular flexibility index (Phi) is 2.87. The maximum Gasteiger partial charge on any atom is 0.257 e. The standard InChI is InChI=1S/C13H19N3O/c17-13(11-8-14-15-9-11)16-7-3-6-12(16)10-4-1-2-5-10/h8-10,12H,1-7H2,(H,14,15). The fraction of sp³-hybridized carbons (Fsp3) is 0.692. The van der Waals surface area contributed by atoms with Crippen LogP contribution in [0, 0.1) is 5.92 Å². The summed E-state index contributed by atoms with van der Waals surface area (Å²) in [5, 5.41) is 6.59. The van der Waals surface area contributed by atoms with E-state index in [9.17, 15) is 4.79 Å². The van der Waals surface area contributed by atoms with Gasteiger partial charge < -0.3 is 4.90 Å². The molecule has 3 rings (SSSR count). The van der Waals surface area contributed by atoms with Crippen LogP contribution >= 0.6 is 0 Å². The van der Waals surface area contributed by atoms with Gasteiger partial charge in [0.25, 0.3) is 5.91 Å². The maximum atomic E-state index is 12.3. The molecule has 1 amide bonds. The second-order valence-electron chi connectivity index (χ2n) is 5.24. The SMILES string of the molecule is O=C(c1cn[nH]c1)N1CCCC1C1CCCC1. The summed E-state index contributed by atoms with van der Waals surface area (Å²) in [6.07, 6.45) is 11.0. The summed E-state index contributed by atoms with van der Waals surface area (Å²) in [7, 11) is 0. The van der Waals surface area contributed by atoms with Gasteiger partial charge in [0.05, 0.1) is 11.8 Å². The van der Waals surface area contributed by atoms with Crippen molar-refractivity contribution in [1.82, 2.24) is 15.1 Å². The second kappa shape index (κ2) is 4.51. The van der Waals surface area contributed by atoms with Crippen molar-refractivity contribution in [2.24, 2.45) is 5.92 Å². The maximum absolute atomic E-state index is 12.3. The number of aromatic amines is 1. The molecule has 2 heterocycles. The van der Waals surface area contributed by atoms with Crippen molar-refractivity contribution in [1.29, 1.82) is 0 Å². The van der Waals surface area contributed by atoms with Crippen molar-refractivity contribution in [2.75, 3.05) is 6.54 Å². The highest BCUT2D eigenvalue weighted by molar-refractivity contribution is 5.94. The Balaban J connectivity index is 1.75. The zero-order valence-electron chi connectivity index (χ0n) is 10.1. The molecule has 1 aliphatic heterocycles. The van der Waals surface area contributed by atoms with Gasteiger partial charge >= 0.3 is 0 Å². The van der Waals surface area contributed by atoms with E-state index in [-0.39, 0.29) is 5.91 Å². The van der Waals surface area contributed by atoms with E-state index in [0.29, 0.717) is 11.6 Å². The molecule has 92 valence electrons. The largest absolute Gasteiger partial charge is 0.335 e. The highest BCUT2D eigenvalue weighted by atomic mass is 16.2. The van der Waals surface area contributed by atoms with Crippen molar-refractivity contribution in [2.45, 2.75) is 44.6 Å². The number of carbonyl (C=O) groups is 1. The van der Waals surface area contributed by atoms with E-state index < -0.39 is 0 Å². The number of hydrogen-bond donors (Lipinski definition) is 1. The molecule has 4 heteroatoms. The highest BCUT2D eigenvalue weighted by Gasteiger charge is 2.36. The first kappa shape index (κ1) is 10.8. The molecule has 0 radical (unpaired) electrons. The van der Waals surface area contributed by atoms with Gasteiger partial charge in [0, 0.05) is 18.8 Å². The fourth-order valence-electron chi connectivity index (χ4n) is 3.41. The van der Waals surface area contributed by atoms with Gasteiger partial charge in [-0.3, -0.25) is 9.89 Å². The Hall–Kier alpha value is -1.32. The number of aromatic nitrogens is 2. The minimum absolute atomic E-state index is 0.160. The number of carbonyl (C=O) groups excluding carboxylic acids is 1. The van der Waals surface area contributed by atoms with Crippen LogP contribution in [0.5, 0.6) is 0 Å². The quantitative estimate of drug-likeness (QED) is 0.851. The van der Waals surface area contributed by atoms with Gasteiger partial charge in [-0.25, -0.2) is 0 Å². The third kappa shape index (κ3) is 1.96. The van der Waals surface area contributed by atoms with E-state index in [1.165, 1.54) is 32.1 Å². The molecule has 1 unspecified atom stereocenters. The van der Waals surface area contributed by atoms with Crippen molar-refractivity contribution in [3.05, 3.63) is 18.0 Å². The van der Waals surface area contributed by atoms with Crippen LogP contribution in [0.25, 0.3) is 0 Å². The van der Waals surface area contributed by atoms with Crippen LogP contribution in [-0.2, 0) is 0 Å². The highest BCUT2D eigenvalue weighted by Crippen LogP contribution is 2.35. The molecule has 2 fully saturated rings. The zero-order valence-corrected chi connectivity index (χ0v) is 10.1. The molecule has 1 N–H and O–H groups in total. The van der Waals surface area contributed by atoms with E-state index in [2.05, 4.69) is 15.1 Å². The monoisotopic (exact) mass is 233 g/mol. The molecule has 1 aliphatic carbocycles. The van der Waals surface area contributed by atoms with Gasteiger partial charge in [0.1, 0.15) is 0 Å². The molecular formula is C13H19N3O. The topological polar surface area (TPSA) is 49.0 Å². The van der Waals surface area contributed by atoms with Crippen molar-refractivity contribution < 1.29 is 4.79 Å². The van der Waals surface area contributed by atoms with Crippen LogP contribution in [0.1, 0.15) is 48.9 Å². The van der Waals surface area contributed by atoms with Gasteiger partial charge in [-0.15, -0.1) is 0 Å². The van der Waals surface area contributed by atoms with E-state index in [4.69, 9.17) is 0 Å². The number of H-pyrrole nitrogens is 1. The Morgan fingerprint density at radius 2 is 2.12 bits per heavy atom. The Labute approximate surface area is 101 Å². The minimum atomic E-state index is 0.160. The van der Waals surface area contributed by atoms with Crippen molar-refractivity contribution in [3.8, 4) is 0 Å². The summed E-state index contributed by atoms with van der Waals surface area (Å²) < 4.78 is 0. The van der Waals surface area contributed by atoms with Crippen molar-refractivity contribution >= 4 is 5.91 Å². The van der Waals surface area contributed by atoms with E-state index >= 15 is 0 Å². The molecule has 17 heavy (non-hydrogen) atoms. The molecule has 2 aliphatic rings. The summed E-state index contributed by atoms with van der Waals surface area (Å²) >= 11 is 0. The van der Waals surface area contributed by atoms with Crippen LogP contribution in [0.4, 0.5) is 0 Å². The lowest BCUT2D eigenvalue weighted by atomic mass is 9.96. The summed E-state index contributed by atoms with van der Waals surface area (Å²) in [5.41, 5.74) is 0.704.